The fourth-order valence-corrected chi connectivity index (χ4v) is 2.90. The largest absolute Gasteiger partial charge is 0.303 e. The van der Waals surface area contributed by atoms with Crippen molar-refractivity contribution in [3.63, 3.8) is 0 Å². The summed E-state index contributed by atoms with van der Waals surface area (Å²) in [5.41, 5.74) is 0.0181. The van der Waals surface area contributed by atoms with E-state index >= 15 is 0 Å². The van der Waals surface area contributed by atoms with Crippen LogP contribution in [0.2, 0.25) is 0 Å². The first-order valence-corrected chi connectivity index (χ1v) is 5.61. The number of aldehydes is 1. The molecule has 3 heteroatoms. The Bertz CT molecular complexity index is 301. The summed E-state index contributed by atoms with van der Waals surface area (Å²) < 4.78 is 1.13. The van der Waals surface area contributed by atoms with Crippen molar-refractivity contribution < 1.29 is 4.79 Å². The van der Waals surface area contributed by atoms with Gasteiger partial charge in [-0.3, -0.25) is 0 Å². The Kier molecular flexibility index (Phi) is 2.09. The summed E-state index contributed by atoms with van der Waals surface area (Å²) in [4.78, 5) is 12.0. The van der Waals surface area contributed by atoms with Crippen LogP contribution in [0.25, 0.3) is 0 Å². The van der Waals surface area contributed by atoms with Gasteiger partial charge in [0.1, 0.15) is 6.29 Å². The zero-order valence-corrected chi connectivity index (χ0v) is 8.95. The molecule has 2 rings (SSSR count). The SMILES string of the molecule is O=CC1(Cc2cc(Br)cs2)CC1. The van der Waals surface area contributed by atoms with Crippen LogP contribution in [-0.4, -0.2) is 6.29 Å². The molecule has 1 heterocycles. The highest BCUT2D eigenvalue weighted by molar-refractivity contribution is 9.10. The van der Waals surface area contributed by atoms with Gasteiger partial charge in [0.05, 0.1) is 0 Å². The molecule has 1 fully saturated rings. The van der Waals surface area contributed by atoms with Crippen LogP contribution in [0, 0.1) is 5.41 Å². The summed E-state index contributed by atoms with van der Waals surface area (Å²) >= 11 is 5.13. The van der Waals surface area contributed by atoms with Gasteiger partial charge in [-0.05, 0) is 41.3 Å². The van der Waals surface area contributed by atoms with Crippen LogP contribution in [0.1, 0.15) is 17.7 Å². The zero-order chi connectivity index (χ0) is 8.60. The number of carbonyl (C=O) groups is 1. The van der Waals surface area contributed by atoms with E-state index in [1.165, 1.54) is 4.88 Å². The van der Waals surface area contributed by atoms with E-state index < -0.39 is 0 Å². The van der Waals surface area contributed by atoms with Gasteiger partial charge in [0, 0.05) is 20.1 Å². The van der Waals surface area contributed by atoms with Crippen molar-refractivity contribution in [2.75, 3.05) is 0 Å². The van der Waals surface area contributed by atoms with Gasteiger partial charge < -0.3 is 4.79 Å². The predicted molar refractivity (Wildman–Crippen MR) is 53.5 cm³/mol. The van der Waals surface area contributed by atoms with Crippen LogP contribution >= 0.6 is 27.3 Å². The van der Waals surface area contributed by atoms with Gasteiger partial charge in [0.15, 0.2) is 0 Å². The molecule has 1 saturated carbocycles. The lowest BCUT2D eigenvalue weighted by molar-refractivity contribution is -0.112. The Balaban J connectivity index is 2.08. The second kappa shape index (κ2) is 2.96. The molecule has 64 valence electrons. The average Bonchev–Trinajstić information content (AvgIpc) is 2.71. The minimum atomic E-state index is 0.0181. The van der Waals surface area contributed by atoms with Gasteiger partial charge in [-0.25, -0.2) is 0 Å². The molecule has 0 saturated heterocycles. The van der Waals surface area contributed by atoms with Crippen LogP contribution in [0.4, 0.5) is 0 Å². The van der Waals surface area contributed by atoms with Crippen molar-refractivity contribution in [1.82, 2.24) is 0 Å². The third-order valence-electron chi connectivity index (χ3n) is 2.29. The molecule has 0 aromatic carbocycles. The van der Waals surface area contributed by atoms with Gasteiger partial charge in [-0.15, -0.1) is 11.3 Å². The third kappa shape index (κ3) is 1.62. The molecule has 0 amide bonds. The average molecular weight is 245 g/mol. The molecule has 1 aliphatic rings. The molecule has 0 radical (unpaired) electrons. The number of hydrogen-bond donors (Lipinski definition) is 0. The first-order chi connectivity index (χ1) is 5.74. The summed E-state index contributed by atoms with van der Waals surface area (Å²) in [6, 6.07) is 2.11. The fraction of sp³-hybridized carbons (Fsp3) is 0.444. The smallest absolute Gasteiger partial charge is 0.126 e. The van der Waals surface area contributed by atoms with Crippen molar-refractivity contribution in [1.29, 1.82) is 0 Å². The lowest BCUT2D eigenvalue weighted by Gasteiger charge is -2.02. The van der Waals surface area contributed by atoms with E-state index in [9.17, 15) is 4.79 Å². The lowest BCUT2D eigenvalue weighted by atomic mass is 10.0. The van der Waals surface area contributed by atoms with Crippen LogP contribution in [0.5, 0.6) is 0 Å². The maximum atomic E-state index is 10.7. The Morgan fingerprint density at radius 3 is 2.83 bits per heavy atom. The normalized spacial score (nSPS) is 19.1. The molecule has 0 atom stereocenters. The van der Waals surface area contributed by atoms with Gasteiger partial charge in [-0.1, -0.05) is 0 Å². The minimum absolute atomic E-state index is 0.0181. The standard InChI is InChI=1S/C9H9BrOS/c10-7-3-8(12-5-7)4-9(6-11)1-2-9/h3,5-6H,1-2,4H2. The second-order valence-electron chi connectivity index (χ2n) is 3.39. The highest BCUT2D eigenvalue weighted by Crippen LogP contribution is 2.47. The predicted octanol–water partition coefficient (Wildman–Crippen LogP) is 3.03. The number of carbonyl (C=O) groups excluding carboxylic acids is 1. The zero-order valence-electron chi connectivity index (χ0n) is 6.55. The molecule has 0 unspecified atom stereocenters. The van der Waals surface area contributed by atoms with E-state index in [4.69, 9.17) is 0 Å². The van der Waals surface area contributed by atoms with Gasteiger partial charge >= 0.3 is 0 Å². The Hall–Kier alpha value is -0.150. The number of thiophene rings is 1. The number of rotatable bonds is 3. The summed E-state index contributed by atoms with van der Waals surface area (Å²) in [7, 11) is 0. The van der Waals surface area contributed by atoms with E-state index in [-0.39, 0.29) is 5.41 Å². The number of hydrogen-bond acceptors (Lipinski definition) is 2. The van der Waals surface area contributed by atoms with E-state index in [2.05, 4.69) is 27.4 Å². The molecule has 0 spiro atoms. The quantitative estimate of drug-likeness (QED) is 0.748. The van der Waals surface area contributed by atoms with Crippen molar-refractivity contribution in [2.24, 2.45) is 5.41 Å². The molecular weight excluding hydrogens is 236 g/mol. The van der Waals surface area contributed by atoms with E-state index in [0.717, 1.165) is 30.0 Å². The maximum absolute atomic E-state index is 10.7. The maximum Gasteiger partial charge on any atom is 0.126 e. The second-order valence-corrected chi connectivity index (χ2v) is 5.30. The molecule has 0 aliphatic heterocycles. The van der Waals surface area contributed by atoms with Crippen LogP contribution in [0.15, 0.2) is 15.9 Å². The van der Waals surface area contributed by atoms with Crippen LogP contribution in [-0.2, 0) is 11.2 Å². The molecule has 1 aromatic heterocycles. The van der Waals surface area contributed by atoms with Crippen LogP contribution in [0.3, 0.4) is 0 Å². The van der Waals surface area contributed by atoms with E-state index in [1.54, 1.807) is 11.3 Å². The molecule has 12 heavy (non-hydrogen) atoms. The molecule has 0 bridgehead atoms. The Morgan fingerprint density at radius 2 is 2.42 bits per heavy atom. The summed E-state index contributed by atoms with van der Waals surface area (Å²) in [5.74, 6) is 0. The molecule has 1 aliphatic carbocycles. The molecule has 0 N–H and O–H groups in total. The van der Waals surface area contributed by atoms with Gasteiger partial charge in [0.2, 0.25) is 0 Å². The summed E-state index contributed by atoms with van der Waals surface area (Å²) in [6.07, 6.45) is 4.21. The number of halogens is 1. The molecule has 1 aromatic rings. The van der Waals surface area contributed by atoms with E-state index in [1.807, 2.05) is 0 Å². The van der Waals surface area contributed by atoms with Crippen LogP contribution < -0.4 is 0 Å². The topological polar surface area (TPSA) is 17.1 Å². The Labute approximate surface area is 83.9 Å². The molecule has 1 nitrogen and oxygen atoms in total. The highest BCUT2D eigenvalue weighted by atomic mass is 79.9. The minimum Gasteiger partial charge on any atom is -0.303 e. The summed E-state index contributed by atoms with van der Waals surface area (Å²) in [5, 5.41) is 2.07. The third-order valence-corrected chi connectivity index (χ3v) is 3.99. The highest BCUT2D eigenvalue weighted by Gasteiger charge is 2.42. The van der Waals surface area contributed by atoms with Gasteiger partial charge in [-0.2, -0.15) is 0 Å². The monoisotopic (exact) mass is 244 g/mol. The Morgan fingerprint density at radius 1 is 1.67 bits per heavy atom. The van der Waals surface area contributed by atoms with Gasteiger partial charge in [0.25, 0.3) is 0 Å². The van der Waals surface area contributed by atoms with E-state index in [0.29, 0.717) is 0 Å². The first-order valence-electron chi connectivity index (χ1n) is 3.93. The van der Waals surface area contributed by atoms with Crippen molar-refractivity contribution >= 4 is 33.6 Å². The van der Waals surface area contributed by atoms with Crippen molar-refractivity contribution in [3.8, 4) is 0 Å². The van der Waals surface area contributed by atoms with Crippen molar-refractivity contribution in [2.45, 2.75) is 19.3 Å². The lowest BCUT2D eigenvalue weighted by Crippen LogP contribution is -2.04. The summed E-state index contributed by atoms with van der Waals surface area (Å²) in [6.45, 7) is 0. The fourth-order valence-electron chi connectivity index (χ4n) is 1.29. The first kappa shape index (κ1) is 8.45. The van der Waals surface area contributed by atoms with Crippen molar-refractivity contribution in [3.05, 3.63) is 20.8 Å². The molecular formula is C9H9BrOS.